The van der Waals surface area contributed by atoms with Gasteiger partial charge in [0, 0.05) is 18.0 Å². The predicted octanol–water partition coefficient (Wildman–Crippen LogP) is 2.31. The van der Waals surface area contributed by atoms with Crippen LogP contribution in [0.25, 0.3) is 0 Å². The van der Waals surface area contributed by atoms with Crippen LogP contribution in [-0.2, 0) is 6.42 Å². The van der Waals surface area contributed by atoms with Crippen LogP contribution >= 0.6 is 11.8 Å². The highest BCUT2D eigenvalue weighted by Gasteiger charge is 2.05. The number of ether oxygens (including phenoxy) is 1. The van der Waals surface area contributed by atoms with Crippen LogP contribution in [0.3, 0.4) is 0 Å². The Morgan fingerprint density at radius 3 is 2.88 bits per heavy atom. The Hall–Kier alpha value is -1.56. The first-order valence-electron chi connectivity index (χ1n) is 5.48. The van der Waals surface area contributed by atoms with E-state index in [0.29, 0.717) is 12.5 Å². The van der Waals surface area contributed by atoms with E-state index >= 15 is 0 Å². The number of hydrogen-bond acceptors (Lipinski definition) is 5. The van der Waals surface area contributed by atoms with Gasteiger partial charge in [-0.25, -0.2) is 15.0 Å². The lowest BCUT2D eigenvalue weighted by atomic mass is 10.4. The van der Waals surface area contributed by atoms with Gasteiger partial charge in [-0.05, 0) is 25.1 Å². The van der Waals surface area contributed by atoms with Crippen LogP contribution in [0.1, 0.15) is 19.5 Å². The van der Waals surface area contributed by atoms with Gasteiger partial charge < -0.3 is 9.72 Å². The van der Waals surface area contributed by atoms with Gasteiger partial charge in [0.1, 0.15) is 11.4 Å². The third kappa shape index (κ3) is 3.20. The Bertz CT molecular complexity index is 486. The Kier molecular flexibility index (Phi) is 3.98. The minimum absolute atomic E-state index is 0.590. The van der Waals surface area contributed by atoms with Gasteiger partial charge in [0.05, 0.1) is 6.61 Å². The van der Waals surface area contributed by atoms with Crippen LogP contribution in [0.4, 0.5) is 0 Å². The van der Waals surface area contributed by atoms with Crippen molar-refractivity contribution in [1.82, 2.24) is 19.9 Å². The highest BCUT2D eigenvalue weighted by molar-refractivity contribution is 7.99. The summed E-state index contributed by atoms with van der Waals surface area (Å²) in [5.41, 5.74) is 1.12. The Morgan fingerprint density at radius 1 is 1.29 bits per heavy atom. The number of hydrogen-bond donors (Lipinski definition) is 1. The maximum atomic E-state index is 5.32. The lowest BCUT2D eigenvalue weighted by Gasteiger charge is -2.02. The molecule has 0 saturated heterocycles. The summed E-state index contributed by atoms with van der Waals surface area (Å²) >= 11 is 1.47. The van der Waals surface area contributed by atoms with E-state index in [1.807, 2.05) is 19.2 Å². The topological polar surface area (TPSA) is 63.7 Å². The second-order valence-electron chi connectivity index (χ2n) is 3.30. The summed E-state index contributed by atoms with van der Waals surface area (Å²) < 4.78 is 5.32. The molecule has 0 aliphatic rings. The molecule has 0 saturated carbocycles. The molecule has 90 valence electrons. The first-order valence-corrected chi connectivity index (χ1v) is 6.30. The maximum absolute atomic E-state index is 5.32. The molecule has 0 aromatic carbocycles. The monoisotopic (exact) mass is 250 g/mol. The standard InChI is InChI=1S/C11H14N4OS/c1-3-8-6-12-11(15-8)17-10-5-9(16-4-2)13-7-14-10/h5-7H,3-4H2,1-2H3,(H,12,15). The molecule has 0 fully saturated rings. The second-order valence-corrected chi connectivity index (χ2v) is 4.31. The van der Waals surface area contributed by atoms with Crippen LogP contribution in [0.5, 0.6) is 5.88 Å². The number of aromatic amines is 1. The molecule has 0 spiro atoms. The quantitative estimate of drug-likeness (QED) is 0.825. The number of aryl methyl sites for hydroxylation is 1. The maximum Gasteiger partial charge on any atom is 0.217 e. The normalized spacial score (nSPS) is 10.5. The zero-order valence-corrected chi connectivity index (χ0v) is 10.6. The first-order chi connectivity index (χ1) is 8.31. The number of nitrogens with zero attached hydrogens (tertiary/aromatic N) is 3. The van der Waals surface area contributed by atoms with Gasteiger partial charge in [-0.2, -0.15) is 0 Å². The highest BCUT2D eigenvalue weighted by Crippen LogP contribution is 2.24. The van der Waals surface area contributed by atoms with Gasteiger partial charge >= 0.3 is 0 Å². The molecule has 5 nitrogen and oxygen atoms in total. The largest absolute Gasteiger partial charge is 0.478 e. The fourth-order valence-corrected chi connectivity index (χ4v) is 2.02. The van der Waals surface area contributed by atoms with Crippen LogP contribution in [0, 0.1) is 0 Å². The van der Waals surface area contributed by atoms with E-state index in [1.54, 1.807) is 0 Å². The molecule has 0 aliphatic carbocycles. The molecular formula is C11H14N4OS. The summed E-state index contributed by atoms with van der Waals surface area (Å²) in [5, 5.41) is 1.66. The molecular weight excluding hydrogens is 236 g/mol. The molecule has 0 aliphatic heterocycles. The van der Waals surface area contributed by atoms with Crippen LogP contribution in [0.15, 0.2) is 28.8 Å². The fraction of sp³-hybridized carbons (Fsp3) is 0.364. The summed E-state index contributed by atoms with van der Waals surface area (Å²) in [7, 11) is 0. The molecule has 1 N–H and O–H groups in total. The molecule has 0 radical (unpaired) electrons. The number of imidazole rings is 1. The van der Waals surface area contributed by atoms with E-state index in [0.717, 1.165) is 22.3 Å². The first kappa shape index (κ1) is 11.9. The van der Waals surface area contributed by atoms with E-state index in [-0.39, 0.29) is 0 Å². The zero-order valence-electron chi connectivity index (χ0n) is 9.80. The Balaban J connectivity index is 2.09. The van der Waals surface area contributed by atoms with E-state index in [9.17, 15) is 0 Å². The van der Waals surface area contributed by atoms with Crippen LogP contribution in [0.2, 0.25) is 0 Å². The summed E-state index contributed by atoms with van der Waals surface area (Å²) in [6.07, 6.45) is 4.28. The summed E-state index contributed by atoms with van der Waals surface area (Å²) in [5.74, 6) is 0.590. The second kappa shape index (κ2) is 5.67. The van der Waals surface area contributed by atoms with E-state index in [4.69, 9.17) is 4.74 Å². The molecule has 0 amide bonds. The average Bonchev–Trinajstić information content (AvgIpc) is 2.78. The van der Waals surface area contributed by atoms with Crippen molar-refractivity contribution in [3.63, 3.8) is 0 Å². The van der Waals surface area contributed by atoms with Gasteiger partial charge in [0.2, 0.25) is 5.88 Å². The summed E-state index contributed by atoms with van der Waals surface area (Å²) in [6.45, 7) is 4.61. The third-order valence-corrected chi connectivity index (χ3v) is 2.93. The number of rotatable bonds is 5. The van der Waals surface area contributed by atoms with E-state index in [1.165, 1.54) is 18.1 Å². The van der Waals surface area contributed by atoms with Gasteiger partial charge in [-0.1, -0.05) is 6.92 Å². The highest BCUT2D eigenvalue weighted by atomic mass is 32.2. The predicted molar refractivity (Wildman–Crippen MR) is 65.3 cm³/mol. The van der Waals surface area contributed by atoms with Crippen molar-refractivity contribution in [2.24, 2.45) is 0 Å². The van der Waals surface area contributed by atoms with E-state index < -0.39 is 0 Å². The Morgan fingerprint density at radius 2 is 2.18 bits per heavy atom. The van der Waals surface area contributed by atoms with Gasteiger partial charge in [-0.15, -0.1) is 0 Å². The number of aromatic nitrogens is 4. The molecule has 6 heteroatoms. The zero-order chi connectivity index (χ0) is 12.1. The van der Waals surface area contributed by atoms with E-state index in [2.05, 4.69) is 26.9 Å². The lowest BCUT2D eigenvalue weighted by Crippen LogP contribution is -1.95. The average molecular weight is 250 g/mol. The number of H-pyrrole nitrogens is 1. The van der Waals surface area contributed by atoms with Gasteiger partial charge in [0.25, 0.3) is 0 Å². The SMILES string of the molecule is CCOc1cc(Sc2ncc(CC)[nH]2)ncn1. The summed E-state index contributed by atoms with van der Waals surface area (Å²) in [4.78, 5) is 15.7. The Labute approximate surface area is 104 Å². The van der Waals surface area contributed by atoms with Crippen LogP contribution in [-0.4, -0.2) is 26.5 Å². The molecule has 2 heterocycles. The van der Waals surface area contributed by atoms with Crippen molar-refractivity contribution in [2.75, 3.05) is 6.61 Å². The minimum Gasteiger partial charge on any atom is -0.478 e. The van der Waals surface area contributed by atoms with Gasteiger partial charge in [0.15, 0.2) is 5.16 Å². The molecule has 17 heavy (non-hydrogen) atoms. The van der Waals surface area contributed by atoms with Crippen molar-refractivity contribution in [3.05, 3.63) is 24.3 Å². The van der Waals surface area contributed by atoms with Crippen molar-refractivity contribution in [1.29, 1.82) is 0 Å². The molecule has 0 unspecified atom stereocenters. The minimum atomic E-state index is 0.590. The van der Waals surface area contributed by atoms with Crippen molar-refractivity contribution < 1.29 is 4.74 Å². The van der Waals surface area contributed by atoms with Crippen molar-refractivity contribution in [2.45, 2.75) is 30.5 Å². The summed E-state index contributed by atoms with van der Waals surface area (Å²) in [6, 6.07) is 1.81. The lowest BCUT2D eigenvalue weighted by molar-refractivity contribution is 0.325. The van der Waals surface area contributed by atoms with Crippen LogP contribution < -0.4 is 4.74 Å². The number of nitrogens with one attached hydrogen (secondary N) is 1. The molecule has 2 rings (SSSR count). The molecule has 2 aromatic heterocycles. The molecule has 0 atom stereocenters. The van der Waals surface area contributed by atoms with Crippen molar-refractivity contribution in [3.8, 4) is 5.88 Å². The van der Waals surface area contributed by atoms with Gasteiger partial charge in [-0.3, -0.25) is 0 Å². The van der Waals surface area contributed by atoms with Crippen molar-refractivity contribution >= 4 is 11.8 Å². The molecule has 2 aromatic rings. The molecule has 0 bridgehead atoms. The third-order valence-electron chi connectivity index (χ3n) is 2.10. The fourth-order valence-electron chi connectivity index (χ4n) is 1.27. The smallest absolute Gasteiger partial charge is 0.217 e.